The minimum Gasteiger partial charge on any atom is -0.508 e. The Bertz CT molecular complexity index is 1980. The Morgan fingerprint density at radius 3 is 2.87 bits per heavy atom. The SMILES string of the molecule is C#Cc1c(F)ccc2cc(O)cc(-c3nc4c5c(nc(OC[C@@]67CCCN6C[C@H](F)C7)nc5c3F)N3CC5CCC(N5)C3CC4)c12. The Balaban J connectivity index is 1.25. The van der Waals surface area contributed by atoms with Crippen LogP contribution in [0.4, 0.5) is 19.0 Å². The van der Waals surface area contributed by atoms with E-state index in [1.807, 2.05) is 0 Å². The fourth-order valence-electron chi connectivity index (χ4n) is 9.01. The van der Waals surface area contributed by atoms with Gasteiger partial charge in [-0.15, -0.1) is 6.42 Å². The van der Waals surface area contributed by atoms with Gasteiger partial charge < -0.3 is 20.1 Å². The van der Waals surface area contributed by atoms with Crippen LogP contribution in [0.25, 0.3) is 32.9 Å². The first-order valence-electron chi connectivity index (χ1n) is 16.2. The average molecular weight is 627 g/mol. The molecule has 2 aromatic carbocycles. The van der Waals surface area contributed by atoms with Gasteiger partial charge in [-0.1, -0.05) is 12.0 Å². The molecule has 236 valence electrons. The second kappa shape index (κ2) is 10.2. The Labute approximate surface area is 264 Å². The van der Waals surface area contributed by atoms with Crippen molar-refractivity contribution in [2.45, 2.75) is 74.8 Å². The van der Waals surface area contributed by atoms with Crippen LogP contribution in [0.2, 0.25) is 0 Å². The molecule has 5 atom stereocenters. The average Bonchev–Trinajstić information content (AvgIpc) is 3.68. The number of phenols is 1. The summed E-state index contributed by atoms with van der Waals surface area (Å²) < 4.78 is 52.9. The molecule has 0 spiro atoms. The van der Waals surface area contributed by atoms with E-state index in [-0.39, 0.29) is 52.8 Å². The summed E-state index contributed by atoms with van der Waals surface area (Å²) in [5.74, 6) is 1.53. The molecule has 2 aromatic heterocycles. The minimum absolute atomic E-state index is 0.0330. The number of hydrogen-bond acceptors (Lipinski definition) is 8. The number of ether oxygens (including phenoxy) is 1. The molecule has 46 heavy (non-hydrogen) atoms. The fraction of sp³-hybridized carbons (Fsp3) is 0.457. The largest absolute Gasteiger partial charge is 0.508 e. The van der Waals surface area contributed by atoms with E-state index in [0.717, 1.165) is 45.2 Å². The third kappa shape index (κ3) is 4.12. The van der Waals surface area contributed by atoms with Gasteiger partial charge in [0, 0.05) is 48.6 Å². The number of aryl methyl sites for hydroxylation is 1. The van der Waals surface area contributed by atoms with Crippen LogP contribution in [-0.2, 0) is 6.42 Å². The van der Waals surface area contributed by atoms with E-state index >= 15 is 4.39 Å². The molecule has 11 heteroatoms. The lowest BCUT2D eigenvalue weighted by atomic mass is 9.95. The summed E-state index contributed by atoms with van der Waals surface area (Å²) in [6, 6.07) is 6.32. The van der Waals surface area contributed by atoms with Crippen molar-refractivity contribution < 1.29 is 23.0 Å². The standard InChI is InChI=1S/C35H33F3N6O2/c1-2-22-24(37)6-4-18-12-21(45)13-23(28(18)22)31-30(38)32-29-26(40-31)8-9-27-25-7-5-20(39-25)16-44(27)33(29)42-34(41-32)46-17-35-10-3-11-43(35)15-19(36)14-35/h1,4,6,12-13,19-20,25,27,39,45H,3,5,7-11,14-17H2/t19-,20?,25?,27?,35+/m1/s1. The van der Waals surface area contributed by atoms with E-state index in [9.17, 15) is 13.9 Å². The summed E-state index contributed by atoms with van der Waals surface area (Å²) in [4.78, 5) is 18.9. The molecule has 2 bridgehead atoms. The number of aromatic hydroxyl groups is 1. The predicted octanol–water partition coefficient (Wildman–Crippen LogP) is 5.02. The smallest absolute Gasteiger partial charge is 0.319 e. The predicted molar refractivity (Wildman–Crippen MR) is 168 cm³/mol. The molecule has 0 aliphatic carbocycles. The number of halogens is 3. The number of piperazine rings is 1. The lowest BCUT2D eigenvalue weighted by Gasteiger charge is -2.41. The monoisotopic (exact) mass is 626 g/mol. The van der Waals surface area contributed by atoms with Crippen molar-refractivity contribution >= 4 is 27.5 Å². The highest BCUT2D eigenvalue weighted by atomic mass is 19.1. The molecular weight excluding hydrogens is 593 g/mol. The maximum Gasteiger partial charge on any atom is 0.319 e. The number of aromatic nitrogens is 3. The van der Waals surface area contributed by atoms with Crippen molar-refractivity contribution in [2.75, 3.05) is 31.1 Å². The van der Waals surface area contributed by atoms with Crippen LogP contribution < -0.4 is 15.0 Å². The molecule has 9 rings (SSSR count). The quantitative estimate of drug-likeness (QED) is 0.306. The number of fused-ring (bicyclic) bond motifs is 7. The topological polar surface area (TPSA) is 86.6 Å². The van der Waals surface area contributed by atoms with Gasteiger partial charge in [0.15, 0.2) is 5.82 Å². The lowest BCUT2D eigenvalue weighted by Crippen LogP contribution is -2.58. The van der Waals surface area contributed by atoms with Crippen LogP contribution in [0.15, 0.2) is 24.3 Å². The van der Waals surface area contributed by atoms with Gasteiger partial charge in [0.2, 0.25) is 0 Å². The molecule has 3 unspecified atom stereocenters. The molecule has 4 aromatic rings. The molecule has 0 amide bonds. The molecule has 4 saturated heterocycles. The van der Waals surface area contributed by atoms with Gasteiger partial charge in [0.25, 0.3) is 0 Å². The first-order valence-corrected chi connectivity index (χ1v) is 16.2. The highest BCUT2D eigenvalue weighted by Gasteiger charge is 2.50. The first kappa shape index (κ1) is 28.1. The second-order valence-electron chi connectivity index (χ2n) is 13.6. The maximum absolute atomic E-state index is 17.1. The third-order valence-electron chi connectivity index (χ3n) is 11.0. The highest BCUT2D eigenvalue weighted by Crippen LogP contribution is 2.45. The highest BCUT2D eigenvalue weighted by molar-refractivity contribution is 6.03. The summed E-state index contributed by atoms with van der Waals surface area (Å²) >= 11 is 0. The van der Waals surface area contributed by atoms with Gasteiger partial charge in [-0.05, 0) is 68.7 Å². The number of anilines is 1. The van der Waals surface area contributed by atoms with Gasteiger partial charge >= 0.3 is 6.01 Å². The molecule has 4 fully saturated rings. The summed E-state index contributed by atoms with van der Waals surface area (Å²) in [7, 11) is 0. The van der Waals surface area contributed by atoms with E-state index in [2.05, 4.69) is 26.0 Å². The number of rotatable bonds is 4. The second-order valence-corrected chi connectivity index (χ2v) is 13.6. The molecule has 5 aliphatic rings. The number of hydrogen-bond donors (Lipinski definition) is 2. The van der Waals surface area contributed by atoms with Crippen molar-refractivity contribution in [1.82, 2.24) is 25.2 Å². The molecule has 0 radical (unpaired) electrons. The Morgan fingerprint density at radius 2 is 2.00 bits per heavy atom. The first-order chi connectivity index (χ1) is 22.3. The van der Waals surface area contributed by atoms with Crippen molar-refractivity contribution in [3.8, 4) is 35.4 Å². The summed E-state index contributed by atoms with van der Waals surface area (Å²) in [6.07, 6.45) is 10.4. The Morgan fingerprint density at radius 1 is 1.11 bits per heavy atom. The van der Waals surface area contributed by atoms with Crippen LogP contribution in [-0.4, -0.2) is 81.0 Å². The molecule has 8 nitrogen and oxygen atoms in total. The van der Waals surface area contributed by atoms with E-state index in [1.165, 1.54) is 24.3 Å². The summed E-state index contributed by atoms with van der Waals surface area (Å²) in [5, 5.41) is 15.7. The van der Waals surface area contributed by atoms with E-state index < -0.39 is 23.3 Å². The third-order valence-corrected chi connectivity index (χ3v) is 11.0. The van der Waals surface area contributed by atoms with Gasteiger partial charge in [-0.25, -0.2) is 18.2 Å². The number of terminal acetylenes is 1. The minimum atomic E-state index is -0.911. The molecule has 0 saturated carbocycles. The number of phenolic OH excluding ortho intramolecular Hbond substituents is 1. The Kier molecular flexibility index (Phi) is 6.22. The maximum atomic E-state index is 17.1. The summed E-state index contributed by atoms with van der Waals surface area (Å²) in [5.41, 5.74) is 0.337. The van der Waals surface area contributed by atoms with E-state index in [4.69, 9.17) is 21.1 Å². The van der Waals surface area contributed by atoms with Gasteiger partial charge in [-0.3, -0.25) is 4.90 Å². The zero-order valence-corrected chi connectivity index (χ0v) is 25.2. The molecular formula is C35H33F3N6O2. The van der Waals surface area contributed by atoms with Crippen molar-refractivity contribution in [3.05, 3.63) is 47.2 Å². The Hall–Kier alpha value is -4.14. The van der Waals surface area contributed by atoms with Crippen LogP contribution in [0.1, 0.15) is 49.8 Å². The number of nitrogens with one attached hydrogen (secondary N) is 1. The normalized spacial score (nSPS) is 28.3. The fourth-order valence-corrected chi connectivity index (χ4v) is 9.01. The molecule has 7 heterocycles. The van der Waals surface area contributed by atoms with Crippen molar-refractivity contribution in [2.24, 2.45) is 0 Å². The van der Waals surface area contributed by atoms with Gasteiger partial charge in [0.1, 0.15) is 41.4 Å². The lowest BCUT2D eigenvalue weighted by molar-refractivity contribution is 0.107. The molecule has 2 N–H and O–H groups in total. The zero-order valence-electron chi connectivity index (χ0n) is 25.2. The zero-order chi connectivity index (χ0) is 31.3. The van der Waals surface area contributed by atoms with Crippen molar-refractivity contribution in [1.29, 1.82) is 0 Å². The number of pyridine rings is 1. The van der Waals surface area contributed by atoms with Gasteiger partial charge in [-0.2, -0.15) is 9.97 Å². The number of nitrogens with zero attached hydrogens (tertiary/aromatic N) is 5. The van der Waals surface area contributed by atoms with Crippen molar-refractivity contribution in [3.63, 3.8) is 0 Å². The van der Waals surface area contributed by atoms with Crippen LogP contribution >= 0.6 is 0 Å². The number of alkyl halides is 1. The summed E-state index contributed by atoms with van der Waals surface area (Å²) in [6.45, 7) is 2.15. The van der Waals surface area contributed by atoms with E-state index in [0.29, 0.717) is 53.1 Å². The van der Waals surface area contributed by atoms with E-state index in [1.54, 1.807) is 0 Å². The van der Waals surface area contributed by atoms with Crippen LogP contribution in [0.5, 0.6) is 11.8 Å². The van der Waals surface area contributed by atoms with Crippen LogP contribution in [0, 0.1) is 24.0 Å². The van der Waals surface area contributed by atoms with Crippen LogP contribution in [0.3, 0.4) is 0 Å². The molecule has 5 aliphatic heterocycles. The number of benzene rings is 2. The van der Waals surface area contributed by atoms with Gasteiger partial charge in [0.05, 0.1) is 22.2 Å².